The predicted octanol–water partition coefficient (Wildman–Crippen LogP) is 7.07. The standard InChI is InChI=1S/C28H26ClF2N3OS/c1-32-20-5-7-21(8-6-20)34(16-17-3-2-4-19(15-17)18-11-13-33-14-12-18)28(35)27-25(29)24-22(30)9-10-23(31)26(24)36-27/h2-4,9-15,20-21,32H,5-8,16H2,1H3. The average molecular weight is 526 g/mol. The highest BCUT2D eigenvalue weighted by Gasteiger charge is 2.32. The number of benzene rings is 2. The fourth-order valence-corrected chi connectivity index (χ4v) is 6.50. The van der Waals surface area contributed by atoms with Crippen molar-refractivity contribution in [3.63, 3.8) is 0 Å². The van der Waals surface area contributed by atoms with Gasteiger partial charge in [0.05, 0.1) is 15.1 Å². The number of nitrogens with one attached hydrogen (secondary N) is 1. The van der Waals surface area contributed by atoms with E-state index in [1.54, 1.807) is 12.4 Å². The molecule has 1 N–H and O–H groups in total. The first-order valence-electron chi connectivity index (χ1n) is 12.0. The number of hydrogen-bond donors (Lipinski definition) is 1. The van der Waals surface area contributed by atoms with E-state index in [0.29, 0.717) is 12.6 Å². The van der Waals surface area contributed by atoms with Gasteiger partial charge in [-0.3, -0.25) is 9.78 Å². The second kappa shape index (κ2) is 10.6. The summed E-state index contributed by atoms with van der Waals surface area (Å²) < 4.78 is 29.0. The SMILES string of the molecule is CNC1CCC(N(Cc2cccc(-c3ccncc3)c2)C(=O)c2sc3c(F)ccc(F)c3c2Cl)CC1. The van der Waals surface area contributed by atoms with Crippen LogP contribution in [0.15, 0.2) is 60.9 Å². The lowest BCUT2D eigenvalue weighted by atomic mass is 9.89. The first kappa shape index (κ1) is 24.8. The number of carbonyl (C=O) groups excluding carboxylic acids is 1. The summed E-state index contributed by atoms with van der Waals surface area (Å²) in [6.45, 7) is 0.377. The van der Waals surface area contributed by atoms with Gasteiger partial charge in [-0.05, 0) is 79.8 Å². The molecule has 2 aromatic heterocycles. The summed E-state index contributed by atoms with van der Waals surface area (Å²) in [5, 5.41) is 3.29. The van der Waals surface area contributed by atoms with Gasteiger partial charge in [0.15, 0.2) is 0 Å². The molecule has 1 amide bonds. The number of pyridine rings is 1. The second-order valence-electron chi connectivity index (χ2n) is 9.14. The molecule has 2 aromatic carbocycles. The van der Waals surface area contributed by atoms with Crippen molar-refractivity contribution in [1.82, 2.24) is 15.2 Å². The molecule has 0 spiro atoms. The van der Waals surface area contributed by atoms with Gasteiger partial charge in [-0.15, -0.1) is 11.3 Å². The Balaban J connectivity index is 1.51. The van der Waals surface area contributed by atoms with Crippen LogP contribution in [0.4, 0.5) is 8.78 Å². The molecule has 186 valence electrons. The quantitative estimate of drug-likeness (QED) is 0.293. The van der Waals surface area contributed by atoms with Crippen LogP contribution in [0.5, 0.6) is 0 Å². The normalized spacial score (nSPS) is 17.9. The zero-order chi connectivity index (χ0) is 25.2. The van der Waals surface area contributed by atoms with Gasteiger partial charge in [-0.25, -0.2) is 8.78 Å². The molecule has 4 nitrogen and oxygen atoms in total. The molecule has 1 saturated carbocycles. The molecular formula is C28H26ClF2N3OS. The minimum absolute atomic E-state index is 0.00246. The van der Waals surface area contributed by atoms with Gasteiger partial charge in [0.2, 0.25) is 0 Å². The van der Waals surface area contributed by atoms with Crippen LogP contribution in [0, 0.1) is 11.6 Å². The maximum Gasteiger partial charge on any atom is 0.266 e. The first-order valence-corrected chi connectivity index (χ1v) is 13.2. The largest absolute Gasteiger partial charge is 0.331 e. The topological polar surface area (TPSA) is 45.2 Å². The Hall–Kier alpha value is -2.87. The molecule has 5 rings (SSSR count). The molecule has 0 radical (unpaired) electrons. The lowest BCUT2D eigenvalue weighted by Gasteiger charge is -2.37. The Morgan fingerprint density at radius 2 is 1.78 bits per heavy atom. The summed E-state index contributed by atoms with van der Waals surface area (Å²) in [5.74, 6) is -1.50. The van der Waals surface area contributed by atoms with Crippen molar-refractivity contribution >= 4 is 38.9 Å². The highest BCUT2D eigenvalue weighted by molar-refractivity contribution is 7.21. The van der Waals surface area contributed by atoms with E-state index in [0.717, 1.165) is 65.8 Å². The summed E-state index contributed by atoms with van der Waals surface area (Å²) in [6.07, 6.45) is 7.08. The van der Waals surface area contributed by atoms with Gasteiger partial charge < -0.3 is 10.2 Å². The molecule has 0 atom stereocenters. The minimum atomic E-state index is -0.627. The molecule has 2 heterocycles. The fourth-order valence-electron chi connectivity index (χ4n) is 5.00. The molecule has 0 aliphatic heterocycles. The predicted molar refractivity (Wildman–Crippen MR) is 141 cm³/mol. The summed E-state index contributed by atoms with van der Waals surface area (Å²) in [7, 11) is 1.96. The van der Waals surface area contributed by atoms with Crippen molar-refractivity contribution in [3.8, 4) is 11.1 Å². The van der Waals surface area contributed by atoms with Crippen LogP contribution in [0.1, 0.15) is 40.9 Å². The molecule has 1 aliphatic carbocycles. The summed E-state index contributed by atoms with van der Waals surface area (Å²) in [5.41, 5.74) is 3.05. The van der Waals surface area contributed by atoms with Gasteiger partial charge in [-0.1, -0.05) is 29.8 Å². The van der Waals surface area contributed by atoms with E-state index < -0.39 is 11.6 Å². The first-order chi connectivity index (χ1) is 17.5. The molecule has 0 bridgehead atoms. The highest BCUT2D eigenvalue weighted by Crippen LogP contribution is 2.40. The van der Waals surface area contributed by atoms with Gasteiger partial charge >= 0.3 is 0 Å². The van der Waals surface area contributed by atoms with Crippen LogP contribution in [0.3, 0.4) is 0 Å². The molecule has 0 saturated heterocycles. The maximum atomic E-state index is 14.5. The van der Waals surface area contributed by atoms with Gasteiger partial charge in [0.25, 0.3) is 5.91 Å². The Morgan fingerprint density at radius 1 is 1.06 bits per heavy atom. The number of thiophene rings is 1. The van der Waals surface area contributed by atoms with E-state index in [1.165, 1.54) is 0 Å². The van der Waals surface area contributed by atoms with Crippen LogP contribution in [-0.4, -0.2) is 34.9 Å². The van der Waals surface area contributed by atoms with E-state index >= 15 is 0 Å². The van der Waals surface area contributed by atoms with Crippen molar-refractivity contribution in [3.05, 3.63) is 88.0 Å². The van der Waals surface area contributed by atoms with E-state index in [9.17, 15) is 13.6 Å². The lowest BCUT2D eigenvalue weighted by Crippen LogP contribution is -2.44. The molecule has 1 aliphatic rings. The van der Waals surface area contributed by atoms with Gasteiger partial charge in [-0.2, -0.15) is 0 Å². The van der Waals surface area contributed by atoms with Gasteiger partial charge in [0, 0.05) is 31.0 Å². The van der Waals surface area contributed by atoms with E-state index in [4.69, 9.17) is 11.6 Å². The number of fused-ring (bicyclic) bond motifs is 1. The summed E-state index contributed by atoms with van der Waals surface area (Å²) in [6, 6.07) is 14.5. The van der Waals surface area contributed by atoms with Crippen LogP contribution in [0.25, 0.3) is 21.2 Å². The third kappa shape index (κ3) is 4.88. The number of hydrogen-bond acceptors (Lipinski definition) is 4. The van der Waals surface area contributed by atoms with Crippen molar-refractivity contribution in [2.45, 2.75) is 44.3 Å². The van der Waals surface area contributed by atoms with E-state index in [-0.39, 0.29) is 31.9 Å². The fraction of sp³-hybridized carbons (Fsp3) is 0.286. The number of nitrogens with zero attached hydrogens (tertiary/aromatic N) is 2. The number of carbonyl (C=O) groups is 1. The third-order valence-electron chi connectivity index (χ3n) is 6.98. The number of halogens is 3. The third-order valence-corrected chi connectivity index (χ3v) is 8.65. The second-order valence-corrected chi connectivity index (χ2v) is 10.5. The van der Waals surface area contributed by atoms with E-state index in [2.05, 4.69) is 16.4 Å². The zero-order valence-corrected chi connectivity index (χ0v) is 21.4. The Morgan fingerprint density at radius 3 is 2.47 bits per heavy atom. The Bertz CT molecular complexity index is 1390. The molecule has 36 heavy (non-hydrogen) atoms. The molecular weight excluding hydrogens is 500 g/mol. The lowest BCUT2D eigenvalue weighted by molar-refractivity contribution is 0.0606. The van der Waals surface area contributed by atoms with Crippen molar-refractivity contribution in [2.75, 3.05) is 7.05 Å². The summed E-state index contributed by atoms with van der Waals surface area (Å²) in [4.78, 5) is 20.1. The smallest absolute Gasteiger partial charge is 0.266 e. The molecule has 4 aromatic rings. The molecule has 0 unspecified atom stereocenters. The number of amides is 1. The summed E-state index contributed by atoms with van der Waals surface area (Å²) >= 11 is 7.43. The van der Waals surface area contributed by atoms with Crippen molar-refractivity contribution < 1.29 is 13.6 Å². The van der Waals surface area contributed by atoms with Crippen molar-refractivity contribution in [2.24, 2.45) is 0 Å². The van der Waals surface area contributed by atoms with Gasteiger partial charge in [0.1, 0.15) is 16.5 Å². The number of aromatic nitrogens is 1. The highest BCUT2D eigenvalue weighted by atomic mass is 35.5. The molecule has 8 heteroatoms. The van der Waals surface area contributed by atoms with Crippen LogP contribution >= 0.6 is 22.9 Å². The van der Waals surface area contributed by atoms with Crippen LogP contribution in [-0.2, 0) is 6.54 Å². The Labute approximate surface area is 217 Å². The number of rotatable bonds is 6. The Kier molecular flexibility index (Phi) is 7.32. The van der Waals surface area contributed by atoms with E-state index in [1.807, 2.05) is 42.3 Å². The maximum absolute atomic E-state index is 14.5. The monoisotopic (exact) mass is 525 g/mol. The average Bonchev–Trinajstić information content (AvgIpc) is 3.28. The molecule has 1 fully saturated rings. The van der Waals surface area contributed by atoms with Crippen LogP contribution < -0.4 is 5.32 Å². The van der Waals surface area contributed by atoms with Crippen molar-refractivity contribution in [1.29, 1.82) is 0 Å². The van der Waals surface area contributed by atoms with Crippen LogP contribution in [0.2, 0.25) is 5.02 Å². The minimum Gasteiger partial charge on any atom is -0.331 e. The zero-order valence-electron chi connectivity index (χ0n) is 19.8.